The Kier molecular flexibility index (Phi) is 6.56. The fourth-order valence-corrected chi connectivity index (χ4v) is 4.41. The molecule has 2 aromatic heterocycles. The standard InChI is InChI=1S/C24H25ClFN5O3/c1-14-4-3-5-17(20(14)25)22(32)31-10-8-24(9-11-31,23(33)34)13-16-6-7-18(26)21(27-16)28-19-12-15(2)29-30-19/h3-7,12H,8-11,13H2,1-2H3,(H,33,34)(H2,27,28,29,30). The average Bonchev–Trinajstić information content (AvgIpc) is 3.22. The molecule has 1 aromatic carbocycles. The number of carbonyl (C=O) groups is 2. The van der Waals surface area contributed by atoms with Crippen LogP contribution in [0.3, 0.4) is 0 Å². The van der Waals surface area contributed by atoms with Gasteiger partial charge in [0.15, 0.2) is 17.5 Å². The zero-order chi connectivity index (χ0) is 24.5. The first-order valence-electron chi connectivity index (χ1n) is 10.9. The molecule has 1 fully saturated rings. The van der Waals surface area contributed by atoms with E-state index in [0.717, 1.165) is 11.3 Å². The molecule has 178 valence electrons. The van der Waals surface area contributed by atoms with E-state index < -0.39 is 17.2 Å². The van der Waals surface area contributed by atoms with Crippen LogP contribution >= 0.6 is 11.6 Å². The van der Waals surface area contributed by atoms with Crippen molar-refractivity contribution in [1.29, 1.82) is 0 Å². The van der Waals surface area contributed by atoms with Crippen molar-refractivity contribution < 1.29 is 19.1 Å². The van der Waals surface area contributed by atoms with Crippen molar-refractivity contribution in [3.63, 3.8) is 0 Å². The largest absolute Gasteiger partial charge is 0.481 e. The van der Waals surface area contributed by atoms with E-state index in [9.17, 15) is 19.1 Å². The van der Waals surface area contributed by atoms with Crippen molar-refractivity contribution in [3.8, 4) is 0 Å². The van der Waals surface area contributed by atoms with E-state index in [1.165, 1.54) is 12.1 Å². The molecule has 4 rings (SSSR count). The van der Waals surface area contributed by atoms with Crippen LogP contribution in [-0.2, 0) is 11.2 Å². The van der Waals surface area contributed by atoms with Gasteiger partial charge in [0.05, 0.1) is 16.0 Å². The highest BCUT2D eigenvalue weighted by Gasteiger charge is 2.43. The van der Waals surface area contributed by atoms with Crippen LogP contribution in [-0.4, -0.2) is 50.2 Å². The highest BCUT2D eigenvalue weighted by Crippen LogP contribution is 2.36. The van der Waals surface area contributed by atoms with Crippen molar-refractivity contribution in [2.75, 3.05) is 18.4 Å². The number of nitrogens with zero attached hydrogens (tertiary/aromatic N) is 3. The van der Waals surface area contributed by atoms with E-state index in [-0.39, 0.29) is 44.1 Å². The molecule has 0 unspecified atom stereocenters. The second kappa shape index (κ2) is 9.42. The van der Waals surface area contributed by atoms with Gasteiger partial charge in [0.25, 0.3) is 5.91 Å². The monoisotopic (exact) mass is 485 g/mol. The number of carboxylic acid groups (broad SMARTS) is 1. The second-order valence-corrected chi connectivity index (χ2v) is 9.06. The number of amides is 1. The lowest BCUT2D eigenvalue weighted by Gasteiger charge is -2.39. The van der Waals surface area contributed by atoms with Crippen LogP contribution in [0.2, 0.25) is 5.02 Å². The summed E-state index contributed by atoms with van der Waals surface area (Å²) in [6.07, 6.45) is 0.611. The average molecular weight is 486 g/mol. The molecular weight excluding hydrogens is 461 g/mol. The molecule has 1 aliphatic rings. The fourth-order valence-electron chi connectivity index (χ4n) is 4.21. The van der Waals surface area contributed by atoms with Crippen LogP contribution in [0.4, 0.5) is 16.0 Å². The van der Waals surface area contributed by atoms with Crippen molar-refractivity contribution >= 4 is 35.1 Å². The Labute approximate surface area is 201 Å². The van der Waals surface area contributed by atoms with Gasteiger partial charge in [-0.05, 0) is 50.5 Å². The van der Waals surface area contributed by atoms with Gasteiger partial charge in [0.1, 0.15) is 0 Å². The molecule has 8 nitrogen and oxygen atoms in total. The molecule has 0 saturated carbocycles. The van der Waals surface area contributed by atoms with Crippen LogP contribution in [0.25, 0.3) is 0 Å². The maximum Gasteiger partial charge on any atom is 0.310 e. The number of aryl methyl sites for hydroxylation is 2. The van der Waals surface area contributed by atoms with E-state index in [4.69, 9.17) is 11.6 Å². The Morgan fingerprint density at radius 1 is 1.24 bits per heavy atom. The maximum atomic E-state index is 14.3. The fraction of sp³-hybridized carbons (Fsp3) is 0.333. The summed E-state index contributed by atoms with van der Waals surface area (Å²) in [4.78, 5) is 31.3. The lowest BCUT2D eigenvalue weighted by molar-refractivity contribution is -0.151. The van der Waals surface area contributed by atoms with Crippen molar-refractivity contribution in [3.05, 3.63) is 69.8 Å². The number of likely N-dealkylation sites (tertiary alicyclic amines) is 1. The third kappa shape index (κ3) is 4.75. The lowest BCUT2D eigenvalue weighted by Crippen LogP contribution is -2.47. The molecule has 1 aliphatic heterocycles. The number of aliphatic carboxylic acids is 1. The Morgan fingerprint density at radius 2 is 1.97 bits per heavy atom. The molecule has 10 heteroatoms. The second-order valence-electron chi connectivity index (χ2n) is 8.69. The number of rotatable bonds is 6. The smallest absolute Gasteiger partial charge is 0.310 e. The van der Waals surface area contributed by atoms with Gasteiger partial charge in [-0.25, -0.2) is 9.37 Å². The Balaban J connectivity index is 1.50. The quantitative estimate of drug-likeness (QED) is 0.473. The van der Waals surface area contributed by atoms with E-state index >= 15 is 0 Å². The first-order chi connectivity index (χ1) is 16.2. The lowest BCUT2D eigenvalue weighted by atomic mass is 9.74. The minimum Gasteiger partial charge on any atom is -0.481 e. The number of aromatic nitrogens is 3. The molecule has 0 atom stereocenters. The molecule has 3 N–H and O–H groups in total. The van der Waals surface area contributed by atoms with E-state index in [0.29, 0.717) is 22.1 Å². The first kappa shape index (κ1) is 23.7. The highest BCUT2D eigenvalue weighted by molar-refractivity contribution is 6.34. The number of carboxylic acids is 1. The summed E-state index contributed by atoms with van der Waals surface area (Å²) in [6.45, 7) is 4.19. The molecule has 1 saturated heterocycles. The summed E-state index contributed by atoms with van der Waals surface area (Å²) < 4.78 is 14.3. The summed E-state index contributed by atoms with van der Waals surface area (Å²) in [5.74, 6) is -1.35. The van der Waals surface area contributed by atoms with Gasteiger partial charge in [-0.1, -0.05) is 23.7 Å². The van der Waals surface area contributed by atoms with Gasteiger partial charge < -0.3 is 15.3 Å². The summed E-state index contributed by atoms with van der Waals surface area (Å²) in [5.41, 5.74) is 1.35. The predicted molar refractivity (Wildman–Crippen MR) is 126 cm³/mol. The zero-order valence-electron chi connectivity index (χ0n) is 18.9. The molecule has 3 heterocycles. The van der Waals surface area contributed by atoms with Crippen LogP contribution in [0.1, 0.15) is 40.2 Å². The van der Waals surface area contributed by atoms with E-state index in [1.54, 1.807) is 23.1 Å². The third-order valence-electron chi connectivity index (χ3n) is 6.26. The van der Waals surface area contributed by atoms with Crippen LogP contribution in [0.5, 0.6) is 0 Å². The number of nitrogens with one attached hydrogen (secondary N) is 2. The van der Waals surface area contributed by atoms with E-state index in [1.807, 2.05) is 19.9 Å². The zero-order valence-corrected chi connectivity index (χ0v) is 19.6. The number of anilines is 2. The summed E-state index contributed by atoms with van der Waals surface area (Å²) >= 11 is 6.32. The number of piperidine rings is 1. The summed E-state index contributed by atoms with van der Waals surface area (Å²) in [6, 6.07) is 9.74. The molecule has 1 amide bonds. The minimum absolute atomic E-state index is 0.0220. The Morgan fingerprint density at radius 3 is 2.62 bits per heavy atom. The number of H-pyrrole nitrogens is 1. The Bertz CT molecular complexity index is 1240. The molecule has 3 aromatic rings. The number of hydrogen-bond acceptors (Lipinski definition) is 5. The predicted octanol–water partition coefficient (Wildman–Crippen LogP) is 4.51. The third-order valence-corrected chi connectivity index (χ3v) is 6.76. The molecule has 34 heavy (non-hydrogen) atoms. The SMILES string of the molecule is Cc1cc(Nc2nc(CC3(C(=O)O)CCN(C(=O)c4cccc(C)c4Cl)CC3)ccc2F)n[nH]1. The topological polar surface area (TPSA) is 111 Å². The number of pyridine rings is 1. The molecule has 0 spiro atoms. The molecule has 0 bridgehead atoms. The summed E-state index contributed by atoms with van der Waals surface area (Å²) in [7, 11) is 0. The van der Waals surface area contributed by atoms with Crippen LogP contribution < -0.4 is 5.32 Å². The number of carbonyl (C=O) groups excluding carboxylic acids is 1. The molecule has 0 radical (unpaired) electrons. The minimum atomic E-state index is -1.11. The van der Waals surface area contributed by atoms with Crippen molar-refractivity contribution in [2.45, 2.75) is 33.1 Å². The van der Waals surface area contributed by atoms with Gasteiger partial charge in [0.2, 0.25) is 0 Å². The van der Waals surface area contributed by atoms with Crippen molar-refractivity contribution in [1.82, 2.24) is 20.1 Å². The normalized spacial score (nSPS) is 15.2. The number of halogens is 2. The Hall–Kier alpha value is -3.46. The van der Waals surface area contributed by atoms with Crippen molar-refractivity contribution in [2.24, 2.45) is 5.41 Å². The van der Waals surface area contributed by atoms with Gasteiger partial charge in [-0.15, -0.1) is 0 Å². The molecule has 0 aliphatic carbocycles. The number of aromatic amines is 1. The van der Waals surface area contributed by atoms with Crippen LogP contribution in [0.15, 0.2) is 36.4 Å². The summed E-state index contributed by atoms with van der Waals surface area (Å²) in [5, 5.41) is 20.1. The first-order valence-corrected chi connectivity index (χ1v) is 11.3. The van der Waals surface area contributed by atoms with Crippen LogP contribution in [0, 0.1) is 25.1 Å². The van der Waals surface area contributed by atoms with Gasteiger partial charge in [0, 0.05) is 37.0 Å². The number of benzene rings is 1. The maximum absolute atomic E-state index is 14.3. The van der Waals surface area contributed by atoms with E-state index in [2.05, 4.69) is 20.5 Å². The van der Waals surface area contributed by atoms with Gasteiger partial charge >= 0.3 is 5.97 Å². The highest BCUT2D eigenvalue weighted by atomic mass is 35.5. The molecular formula is C24H25ClFN5O3. The number of hydrogen-bond donors (Lipinski definition) is 3. The van der Waals surface area contributed by atoms with Gasteiger partial charge in [-0.2, -0.15) is 5.10 Å². The van der Waals surface area contributed by atoms with Gasteiger partial charge in [-0.3, -0.25) is 14.7 Å².